The Hall–Kier alpha value is -3.26. The first kappa shape index (κ1) is 26.8. The molecule has 3 aromatic rings. The predicted molar refractivity (Wildman–Crippen MR) is 142 cm³/mol. The van der Waals surface area contributed by atoms with Crippen molar-refractivity contribution in [2.24, 2.45) is 5.41 Å². The van der Waals surface area contributed by atoms with E-state index in [1.54, 1.807) is 10.9 Å². The average Bonchev–Trinajstić information content (AvgIpc) is 3.26. The number of pyridine rings is 1. The number of fused-ring (bicyclic) bond motifs is 1. The molecular formula is C29H39N5O3. The van der Waals surface area contributed by atoms with Crippen LogP contribution in [0.5, 0.6) is 5.88 Å². The summed E-state index contributed by atoms with van der Waals surface area (Å²) in [5.74, 6) is -0.237. The van der Waals surface area contributed by atoms with Crippen molar-refractivity contribution in [2.45, 2.75) is 85.5 Å². The SMILES string of the molecule is CC[C@@H]1CN(Cc2cc(C(CCc3cn(CC)nn3)C(C)(C)C(=O)O)ccc2C)Cc2cccnc2O1. The summed E-state index contributed by atoms with van der Waals surface area (Å²) >= 11 is 0. The molecule has 4 rings (SSSR count). The molecule has 0 bridgehead atoms. The fraction of sp³-hybridized carbons (Fsp3) is 0.517. The van der Waals surface area contributed by atoms with E-state index in [2.05, 4.69) is 58.3 Å². The van der Waals surface area contributed by atoms with Gasteiger partial charge in [0, 0.05) is 44.1 Å². The number of carboxylic acids is 1. The Balaban J connectivity index is 1.60. The normalized spacial score (nSPS) is 17.1. The number of carboxylic acid groups (broad SMARTS) is 1. The number of carbonyl (C=O) groups is 1. The van der Waals surface area contributed by atoms with E-state index in [1.165, 1.54) is 11.1 Å². The van der Waals surface area contributed by atoms with E-state index in [-0.39, 0.29) is 12.0 Å². The Morgan fingerprint density at radius 2 is 2.08 bits per heavy atom. The Labute approximate surface area is 219 Å². The van der Waals surface area contributed by atoms with Crippen molar-refractivity contribution < 1.29 is 14.6 Å². The van der Waals surface area contributed by atoms with Crippen LogP contribution in [0.4, 0.5) is 0 Å². The van der Waals surface area contributed by atoms with Gasteiger partial charge in [-0.3, -0.25) is 14.4 Å². The monoisotopic (exact) mass is 505 g/mol. The van der Waals surface area contributed by atoms with E-state index in [9.17, 15) is 9.90 Å². The second-order valence-electron chi connectivity index (χ2n) is 10.7. The molecule has 8 heteroatoms. The molecule has 1 N–H and O–H groups in total. The highest BCUT2D eigenvalue weighted by molar-refractivity contribution is 5.75. The highest BCUT2D eigenvalue weighted by Gasteiger charge is 2.38. The molecule has 0 radical (unpaired) electrons. The highest BCUT2D eigenvalue weighted by Crippen LogP contribution is 2.40. The predicted octanol–water partition coefficient (Wildman–Crippen LogP) is 5.00. The maximum absolute atomic E-state index is 12.3. The molecule has 1 aromatic carbocycles. The third kappa shape index (κ3) is 6.18. The summed E-state index contributed by atoms with van der Waals surface area (Å²) < 4.78 is 7.99. The van der Waals surface area contributed by atoms with E-state index >= 15 is 0 Å². The molecule has 3 heterocycles. The minimum Gasteiger partial charge on any atom is -0.481 e. The van der Waals surface area contributed by atoms with E-state index in [4.69, 9.17) is 4.74 Å². The van der Waals surface area contributed by atoms with Gasteiger partial charge < -0.3 is 9.84 Å². The number of aliphatic carboxylic acids is 1. The number of aromatic nitrogens is 4. The van der Waals surface area contributed by atoms with Crippen molar-refractivity contribution in [3.05, 3.63) is 70.7 Å². The van der Waals surface area contributed by atoms with Crippen LogP contribution in [-0.2, 0) is 30.8 Å². The van der Waals surface area contributed by atoms with E-state index in [1.807, 2.05) is 33.0 Å². The number of rotatable bonds is 10. The average molecular weight is 506 g/mol. The van der Waals surface area contributed by atoms with Gasteiger partial charge in [0.25, 0.3) is 0 Å². The zero-order chi connectivity index (χ0) is 26.6. The molecule has 37 heavy (non-hydrogen) atoms. The fourth-order valence-corrected chi connectivity index (χ4v) is 5.08. The van der Waals surface area contributed by atoms with Gasteiger partial charge in [-0.25, -0.2) is 4.98 Å². The van der Waals surface area contributed by atoms with Gasteiger partial charge in [0.1, 0.15) is 6.10 Å². The number of benzene rings is 1. The number of hydrogen-bond donors (Lipinski definition) is 1. The van der Waals surface area contributed by atoms with Crippen molar-refractivity contribution >= 4 is 5.97 Å². The lowest BCUT2D eigenvalue weighted by Crippen LogP contribution is -2.33. The molecule has 0 fully saturated rings. The lowest BCUT2D eigenvalue weighted by molar-refractivity contribution is -0.148. The lowest BCUT2D eigenvalue weighted by atomic mass is 9.72. The van der Waals surface area contributed by atoms with Gasteiger partial charge in [0.05, 0.1) is 11.1 Å². The largest absolute Gasteiger partial charge is 0.481 e. The fourth-order valence-electron chi connectivity index (χ4n) is 5.08. The number of aryl methyl sites for hydroxylation is 3. The van der Waals surface area contributed by atoms with Gasteiger partial charge >= 0.3 is 5.97 Å². The first-order valence-electron chi connectivity index (χ1n) is 13.3. The Kier molecular flexibility index (Phi) is 8.27. The van der Waals surface area contributed by atoms with Crippen LogP contribution in [0, 0.1) is 12.3 Å². The standard InChI is InChI=1S/C29H39N5O3/c1-6-25-19-33(16-22-9-8-14-30-27(22)37-25)17-23-15-21(11-10-20(23)3)26(29(4,5)28(35)36)13-12-24-18-34(7-2)32-31-24/h8-11,14-15,18,25-26H,6-7,12-13,16-17,19H2,1-5H3,(H,35,36)/t25-,26?/m1/s1. The number of ether oxygens (including phenoxy) is 1. The van der Waals surface area contributed by atoms with E-state index in [0.29, 0.717) is 12.8 Å². The van der Waals surface area contributed by atoms with E-state index in [0.717, 1.165) is 55.3 Å². The summed E-state index contributed by atoms with van der Waals surface area (Å²) in [6.45, 7) is 13.0. The summed E-state index contributed by atoms with van der Waals surface area (Å²) in [6.07, 6.45) is 6.07. The van der Waals surface area contributed by atoms with Crippen molar-refractivity contribution in [3.63, 3.8) is 0 Å². The molecule has 0 saturated carbocycles. The van der Waals surface area contributed by atoms with Crippen molar-refractivity contribution in [3.8, 4) is 5.88 Å². The number of hydrogen-bond acceptors (Lipinski definition) is 6. The number of nitrogens with zero attached hydrogens (tertiary/aromatic N) is 5. The zero-order valence-corrected chi connectivity index (χ0v) is 22.6. The van der Waals surface area contributed by atoms with Crippen molar-refractivity contribution in [2.75, 3.05) is 6.54 Å². The third-order valence-corrected chi connectivity index (χ3v) is 7.63. The van der Waals surface area contributed by atoms with Crippen LogP contribution in [0.3, 0.4) is 0 Å². The second-order valence-corrected chi connectivity index (χ2v) is 10.7. The highest BCUT2D eigenvalue weighted by atomic mass is 16.5. The molecule has 1 aliphatic rings. The zero-order valence-electron chi connectivity index (χ0n) is 22.6. The van der Waals surface area contributed by atoms with Gasteiger partial charge in [0.15, 0.2) is 0 Å². The quantitative estimate of drug-likeness (QED) is 0.414. The maximum atomic E-state index is 12.3. The first-order chi connectivity index (χ1) is 17.7. The van der Waals surface area contributed by atoms with Gasteiger partial charge in [-0.15, -0.1) is 5.10 Å². The Bertz CT molecular complexity index is 1220. The van der Waals surface area contributed by atoms with Crippen LogP contribution >= 0.6 is 0 Å². The molecule has 198 valence electrons. The Morgan fingerprint density at radius 3 is 2.78 bits per heavy atom. The van der Waals surface area contributed by atoms with Crippen LogP contribution in [0.15, 0.2) is 42.7 Å². The second kappa shape index (κ2) is 11.4. The molecule has 0 spiro atoms. The molecule has 0 amide bonds. The van der Waals surface area contributed by atoms with Crippen LogP contribution in [0.1, 0.15) is 74.4 Å². The maximum Gasteiger partial charge on any atom is 0.309 e. The summed E-state index contributed by atoms with van der Waals surface area (Å²) in [6, 6.07) is 10.5. The molecule has 1 unspecified atom stereocenters. The van der Waals surface area contributed by atoms with Crippen molar-refractivity contribution in [1.82, 2.24) is 24.9 Å². The molecule has 0 saturated heterocycles. The van der Waals surface area contributed by atoms with Crippen LogP contribution < -0.4 is 4.74 Å². The first-order valence-corrected chi connectivity index (χ1v) is 13.3. The summed E-state index contributed by atoms with van der Waals surface area (Å²) in [5, 5.41) is 18.5. The van der Waals surface area contributed by atoms with Gasteiger partial charge in [-0.05, 0) is 75.6 Å². The molecule has 2 atom stereocenters. The smallest absolute Gasteiger partial charge is 0.309 e. The minimum atomic E-state index is -0.929. The molecule has 8 nitrogen and oxygen atoms in total. The molecule has 2 aromatic heterocycles. The molecular weight excluding hydrogens is 466 g/mol. The molecule has 1 aliphatic heterocycles. The van der Waals surface area contributed by atoms with Gasteiger partial charge in [-0.1, -0.05) is 36.4 Å². The van der Waals surface area contributed by atoms with Crippen LogP contribution in [-0.4, -0.2) is 48.6 Å². The van der Waals surface area contributed by atoms with Crippen molar-refractivity contribution in [1.29, 1.82) is 0 Å². The van der Waals surface area contributed by atoms with Gasteiger partial charge in [-0.2, -0.15) is 0 Å². The summed E-state index contributed by atoms with van der Waals surface area (Å²) in [7, 11) is 0. The third-order valence-electron chi connectivity index (χ3n) is 7.63. The van der Waals surface area contributed by atoms with Gasteiger partial charge in [0.2, 0.25) is 5.88 Å². The lowest BCUT2D eigenvalue weighted by Gasteiger charge is -2.32. The Morgan fingerprint density at radius 1 is 1.27 bits per heavy atom. The summed E-state index contributed by atoms with van der Waals surface area (Å²) in [4.78, 5) is 19.2. The van der Waals surface area contributed by atoms with Crippen LogP contribution in [0.2, 0.25) is 0 Å². The summed E-state index contributed by atoms with van der Waals surface area (Å²) in [5.41, 5.74) is 4.52. The topological polar surface area (TPSA) is 93.4 Å². The van der Waals surface area contributed by atoms with Crippen LogP contribution in [0.25, 0.3) is 0 Å². The molecule has 0 aliphatic carbocycles. The minimum absolute atomic E-state index is 0.0786. The van der Waals surface area contributed by atoms with E-state index < -0.39 is 11.4 Å².